The van der Waals surface area contributed by atoms with E-state index in [1.54, 1.807) is 12.1 Å². The van der Waals surface area contributed by atoms with E-state index in [2.05, 4.69) is 10.1 Å². The number of halogens is 4. The molecule has 0 N–H and O–H groups in total. The number of hydrogen-bond acceptors (Lipinski definition) is 4. The Bertz CT molecular complexity index is 464. The van der Waals surface area contributed by atoms with Crippen LogP contribution in [0, 0.1) is 5.92 Å². The Morgan fingerprint density at radius 1 is 1.35 bits per heavy atom. The number of pyridine rings is 1. The van der Waals surface area contributed by atoms with Crippen molar-refractivity contribution in [2.75, 3.05) is 11.7 Å². The van der Waals surface area contributed by atoms with Gasteiger partial charge in [-0.15, -0.1) is 0 Å². The normalized spacial score (nSPS) is 22.1. The first-order chi connectivity index (χ1) is 9.45. The van der Waals surface area contributed by atoms with Crippen LogP contribution in [0.4, 0.5) is 23.4 Å². The summed E-state index contributed by atoms with van der Waals surface area (Å²) in [6.07, 6.45) is -3.16. The van der Waals surface area contributed by atoms with Crippen molar-refractivity contribution in [1.82, 2.24) is 4.98 Å². The lowest BCUT2D eigenvalue weighted by atomic mass is 9.98. The van der Waals surface area contributed by atoms with Crippen molar-refractivity contribution in [3.63, 3.8) is 0 Å². The number of carbonyl (C=O) groups is 1. The lowest BCUT2D eigenvalue weighted by Crippen LogP contribution is -2.36. The van der Waals surface area contributed by atoms with E-state index < -0.39 is 30.5 Å². The van der Waals surface area contributed by atoms with E-state index in [0.717, 1.165) is 5.01 Å². The molecule has 0 radical (unpaired) electrons. The van der Waals surface area contributed by atoms with Gasteiger partial charge in [-0.25, -0.2) is 9.99 Å². The summed E-state index contributed by atoms with van der Waals surface area (Å²) in [4.78, 5) is 11.9. The Hall–Kier alpha value is -1.99. The molecule has 0 amide bonds. The highest BCUT2D eigenvalue weighted by molar-refractivity contribution is 5.95. The topological polar surface area (TPSA) is 45.6 Å². The fraction of sp³-hybridized carbons (Fsp3) is 0.417. The second-order valence-electron chi connectivity index (χ2n) is 4.02. The van der Waals surface area contributed by atoms with Gasteiger partial charge in [-0.05, 0) is 19.1 Å². The van der Waals surface area contributed by atoms with E-state index >= 15 is 0 Å². The number of alkyl halides is 4. The average molecular weight is 291 g/mol. The van der Waals surface area contributed by atoms with Gasteiger partial charge in [0, 0.05) is 6.20 Å². The van der Waals surface area contributed by atoms with Crippen molar-refractivity contribution < 1.29 is 22.4 Å². The number of carbonyl (C=O) groups excluding carboxylic acids is 1. The summed E-state index contributed by atoms with van der Waals surface area (Å²) in [6.45, 7) is 2.41. The molecule has 0 saturated heterocycles. The Morgan fingerprint density at radius 3 is 2.40 bits per heavy atom. The molecule has 2 unspecified atom stereocenters. The fourth-order valence-electron chi connectivity index (χ4n) is 1.90. The highest BCUT2D eigenvalue weighted by Gasteiger charge is 2.49. The molecule has 4 nitrogen and oxygen atoms in total. The molecule has 2 atom stereocenters. The summed E-state index contributed by atoms with van der Waals surface area (Å²) in [7, 11) is 0. The Kier molecular flexibility index (Phi) is 5.18. The van der Waals surface area contributed by atoms with Crippen LogP contribution in [-0.4, -0.2) is 36.4 Å². The van der Waals surface area contributed by atoms with E-state index in [9.17, 15) is 17.6 Å². The van der Waals surface area contributed by atoms with Crippen molar-refractivity contribution in [1.29, 1.82) is 0 Å². The lowest BCUT2D eigenvalue weighted by molar-refractivity contribution is -0.0980. The van der Waals surface area contributed by atoms with E-state index in [1.165, 1.54) is 19.2 Å². The molecule has 1 aliphatic rings. The number of anilines is 1. The smallest absolute Gasteiger partial charge is 0.307 e. The van der Waals surface area contributed by atoms with Gasteiger partial charge < -0.3 is 4.79 Å². The van der Waals surface area contributed by atoms with Gasteiger partial charge in [0.1, 0.15) is 18.3 Å². The predicted molar refractivity (Wildman–Crippen MR) is 66.3 cm³/mol. The third-order valence-corrected chi connectivity index (χ3v) is 2.88. The molecule has 20 heavy (non-hydrogen) atoms. The van der Waals surface area contributed by atoms with Crippen LogP contribution in [0.2, 0.25) is 0 Å². The molecule has 0 aromatic carbocycles. The molecule has 110 valence electrons. The molecule has 2 rings (SSSR count). The molecular weight excluding hydrogens is 278 g/mol. The van der Waals surface area contributed by atoms with Gasteiger partial charge in [0.05, 0.1) is 18.6 Å². The molecule has 2 heterocycles. The summed E-state index contributed by atoms with van der Waals surface area (Å²) in [5.41, 5.74) is -1.08. The van der Waals surface area contributed by atoms with Crippen LogP contribution in [0.15, 0.2) is 29.5 Å². The standard InChI is InChI=1S/C11H11F4N3.CH2O/c1-7-8(6-12)10(11(13,14)15)17-18(7)9-4-2-3-5-16-9;1-2/h2-5,7-8H,6H2,1H3;1H2. The van der Waals surface area contributed by atoms with E-state index in [1.807, 2.05) is 6.79 Å². The number of nitrogens with zero attached hydrogens (tertiary/aromatic N) is 3. The molecule has 0 saturated carbocycles. The number of rotatable bonds is 2. The highest BCUT2D eigenvalue weighted by Crippen LogP contribution is 2.34. The summed E-state index contributed by atoms with van der Waals surface area (Å²) in [6, 6.07) is 4.11. The molecule has 0 aliphatic carbocycles. The van der Waals surface area contributed by atoms with Crippen molar-refractivity contribution >= 4 is 18.3 Å². The first kappa shape index (κ1) is 16.1. The molecule has 0 fully saturated rings. The van der Waals surface area contributed by atoms with Crippen LogP contribution in [0.3, 0.4) is 0 Å². The molecule has 1 aliphatic heterocycles. The number of aromatic nitrogens is 1. The molecular formula is C12H13F4N3O. The molecule has 1 aromatic heterocycles. The number of hydrogen-bond donors (Lipinski definition) is 0. The molecule has 0 bridgehead atoms. The maximum Gasteiger partial charge on any atom is 0.431 e. The van der Waals surface area contributed by atoms with Crippen molar-refractivity contribution in [2.24, 2.45) is 11.0 Å². The maximum atomic E-state index is 12.8. The largest absolute Gasteiger partial charge is 0.431 e. The lowest BCUT2D eigenvalue weighted by Gasteiger charge is -2.22. The summed E-state index contributed by atoms with van der Waals surface area (Å²) in [5, 5.41) is 4.60. The van der Waals surface area contributed by atoms with E-state index in [4.69, 9.17) is 4.79 Å². The monoisotopic (exact) mass is 291 g/mol. The van der Waals surface area contributed by atoms with Gasteiger partial charge in [-0.1, -0.05) is 6.07 Å². The van der Waals surface area contributed by atoms with Gasteiger partial charge in [-0.2, -0.15) is 18.3 Å². The maximum absolute atomic E-state index is 12.8. The van der Waals surface area contributed by atoms with Gasteiger partial charge in [-0.3, -0.25) is 4.39 Å². The van der Waals surface area contributed by atoms with Crippen molar-refractivity contribution in [3.8, 4) is 0 Å². The molecule has 1 aromatic rings. The van der Waals surface area contributed by atoms with Gasteiger partial charge in [0.2, 0.25) is 0 Å². The van der Waals surface area contributed by atoms with Gasteiger partial charge in [0.15, 0.2) is 0 Å². The van der Waals surface area contributed by atoms with Crippen LogP contribution in [0.5, 0.6) is 0 Å². The van der Waals surface area contributed by atoms with Crippen LogP contribution in [-0.2, 0) is 4.79 Å². The van der Waals surface area contributed by atoms with Gasteiger partial charge in [0.25, 0.3) is 0 Å². The first-order valence-corrected chi connectivity index (χ1v) is 5.66. The van der Waals surface area contributed by atoms with Crippen LogP contribution in [0.1, 0.15) is 6.92 Å². The minimum atomic E-state index is -4.62. The summed E-state index contributed by atoms with van der Waals surface area (Å²) >= 11 is 0. The van der Waals surface area contributed by atoms with Crippen LogP contribution >= 0.6 is 0 Å². The van der Waals surface area contributed by atoms with Crippen molar-refractivity contribution in [3.05, 3.63) is 24.4 Å². The molecule has 0 spiro atoms. The second kappa shape index (κ2) is 6.44. The van der Waals surface area contributed by atoms with Crippen LogP contribution in [0.25, 0.3) is 0 Å². The Morgan fingerprint density at radius 2 is 2.00 bits per heavy atom. The molecule has 8 heteroatoms. The first-order valence-electron chi connectivity index (χ1n) is 5.66. The van der Waals surface area contributed by atoms with Gasteiger partial charge >= 0.3 is 6.18 Å². The fourth-order valence-corrected chi connectivity index (χ4v) is 1.90. The van der Waals surface area contributed by atoms with Crippen LogP contribution < -0.4 is 5.01 Å². The zero-order chi connectivity index (χ0) is 15.3. The SMILES string of the molecule is C=O.CC1C(CF)C(C(F)(F)F)=NN1c1ccccn1. The zero-order valence-electron chi connectivity index (χ0n) is 10.6. The van der Waals surface area contributed by atoms with Crippen molar-refractivity contribution in [2.45, 2.75) is 19.1 Å². The quantitative estimate of drug-likeness (QED) is 0.787. The predicted octanol–water partition coefficient (Wildman–Crippen LogP) is 2.61. The minimum Gasteiger partial charge on any atom is -0.307 e. The van der Waals surface area contributed by atoms with E-state index in [0.29, 0.717) is 0 Å². The highest BCUT2D eigenvalue weighted by atomic mass is 19.4. The Balaban J connectivity index is 0.000000956. The summed E-state index contributed by atoms with van der Waals surface area (Å²) in [5.74, 6) is -0.991. The third-order valence-electron chi connectivity index (χ3n) is 2.88. The summed E-state index contributed by atoms with van der Waals surface area (Å²) < 4.78 is 50.9. The second-order valence-corrected chi connectivity index (χ2v) is 4.02. The minimum absolute atomic E-state index is 0.280. The third kappa shape index (κ3) is 3.12. The number of hydrazone groups is 1. The van der Waals surface area contributed by atoms with E-state index in [-0.39, 0.29) is 5.82 Å². The Labute approximate surface area is 113 Å². The average Bonchev–Trinajstić information content (AvgIpc) is 2.79. The zero-order valence-corrected chi connectivity index (χ0v) is 10.6.